The molecular weight excluding hydrogens is 193 g/mol. The number of carbonyl (C=O) groups excluding carboxylic acids is 1. The van der Waals surface area contributed by atoms with E-state index in [1.165, 1.54) is 0 Å². The Labute approximate surface area is 70.8 Å². The maximum atomic E-state index is 12.6. The lowest BCUT2D eigenvalue weighted by Crippen LogP contribution is -1.97. The molecule has 0 amide bonds. The highest BCUT2D eigenvalue weighted by molar-refractivity contribution is 6.33. The van der Waals surface area contributed by atoms with Crippen molar-refractivity contribution in [3.05, 3.63) is 34.4 Å². The molecule has 1 nitrogen and oxygen atoms in total. The zero-order chi connectivity index (χ0) is 9.30. The first-order valence-corrected chi connectivity index (χ1v) is 3.24. The minimum atomic E-state index is -2.02. The molecule has 0 spiro atoms. The van der Waals surface area contributed by atoms with Crippen LogP contribution in [0.1, 0.15) is 10.4 Å². The van der Waals surface area contributed by atoms with E-state index in [1.54, 1.807) is 0 Å². The van der Waals surface area contributed by atoms with Gasteiger partial charge in [-0.25, -0.2) is 8.78 Å². The number of hydrogen-bond donors (Lipinski definition) is 0. The van der Waals surface area contributed by atoms with Crippen LogP contribution >= 0.6 is 11.6 Å². The van der Waals surface area contributed by atoms with Gasteiger partial charge in [-0.2, -0.15) is 4.39 Å². The Morgan fingerprint density at radius 2 is 1.92 bits per heavy atom. The first-order chi connectivity index (χ1) is 5.52. The van der Waals surface area contributed by atoms with Crippen LogP contribution in [0.15, 0.2) is 12.1 Å². The van der Waals surface area contributed by atoms with Crippen molar-refractivity contribution in [3.63, 3.8) is 0 Å². The molecule has 0 aliphatic rings. The maximum absolute atomic E-state index is 12.6. The minimum absolute atomic E-state index is 0.388. The van der Waals surface area contributed by atoms with Crippen LogP contribution in [0, 0.1) is 11.6 Å². The van der Waals surface area contributed by atoms with Crippen LogP contribution in [0.4, 0.5) is 13.2 Å². The number of benzene rings is 1. The van der Waals surface area contributed by atoms with E-state index < -0.39 is 28.3 Å². The third-order valence-electron chi connectivity index (χ3n) is 1.20. The summed E-state index contributed by atoms with van der Waals surface area (Å²) in [5.74, 6) is -2.25. The van der Waals surface area contributed by atoms with Gasteiger partial charge < -0.3 is 0 Å². The Hall–Kier alpha value is -1.03. The third kappa shape index (κ3) is 1.58. The average Bonchev–Trinajstić information content (AvgIpc) is 1.82. The monoisotopic (exact) mass is 194 g/mol. The number of halogens is 4. The van der Waals surface area contributed by atoms with Gasteiger partial charge in [0.2, 0.25) is 0 Å². The number of hydrogen-bond acceptors (Lipinski definition) is 1. The second-order valence-corrected chi connectivity index (χ2v) is 2.43. The SMILES string of the molecule is O=C(F)c1c(F)cc(F)cc1Cl. The lowest BCUT2D eigenvalue weighted by Gasteiger charge is -1.98. The van der Waals surface area contributed by atoms with Crippen molar-refractivity contribution in [2.75, 3.05) is 0 Å². The van der Waals surface area contributed by atoms with Gasteiger partial charge in [-0.15, -0.1) is 0 Å². The van der Waals surface area contributed by atoms with E-state index in [0.717, 1.165) is 0 Å². The molecule has 0 saturated heterocycles. The van der Waals surface area contributed by atoms with Crippen LogP contribution in [0.2, 0.25) is 5.02 Å². The Morgan fingerprint density at radius 3 is 2.33 bits per heavy atom. The highest BCUT2D eigenvalue weighted by atomic mass is 35.5. The Kier molecular flexibility index (Phi) is 2.38. The lowest BCUT2D eigenvalue weighted by molar-refractivity contribution is 0.0831. The summed E-state index contributed by atoms with van der Waals surface area (Å²) < 4.78 is 36.9. The summed E-state index contributed by atoms with van der Waals surface area (Å²) in [7, 11) is 0. The molecule has 0 radical (unpaired) electrons. The summed E-state index contributed by atoms with van der Waals surface area (Å²) in [4.78, 5) is 10.1. The van der Waals surface area contributed by atoms with Crippen molar-refractivity contribution < 1.29 is 18.0 Å². The van der Waals surface area contributed by atoms with Crippen LogP contribution in [-0.2, 0) is 0 Å². The van der Waals surface area contributed by atoms with Crippen LogP contribution in [0.25, 0.3) is 0 Å². The summed E-state index contributed by atoms with van der Waals surface area (Å²) in [5, 5.41) is -0.569. The van der Waals surface area contributed by atoms with Gasteiger partial charge in [0.05, 0.1) is 5.02 Å². The summed E-state index contributed by atoms with van der Waals surface area (Å²) in [6.45, 7) is 0. The molecule has 0 bridgehead atoms. The lowest BCUT2D eigenvalue weighted by atomic mass is 10.2. The standard InChI is InChI=1S/C7H2ClF3O/c8-4-1-3(9)2-5(10)6(4)7(11)12/h1-2H. The fourth-order valence-corrected chi connectivity index (χ4v) is 0.999. The highest BCUT2D eigenvalue weighted by Crippen LogP contribution is 2.21. The minimum Gasteiger partial charge on any atom is -0.255 e. The zero-order valence-electron chi connectivity index (χ0n) is 5.57. The van der Waals surface area contributed by atoms with E-state index in [1.807, 2.05) is 0 Å². The van der Waals surface area contributed by atoms with Crippen LogP contribution in [0.5, 0.6) is 0 Å². The van der Waals surface area contributed by atoms with Gasteiger partial charge in [-0.3, -0.25) is 4.79 Å². The van der Waals surface area contributed by atoms with E-state index in [0.29, 0.717) is 12.1 Å². The average molecular weight is 195 g/mol. The predicted octanol–water partition coefficient (Wildman–Crippen LogP) is 2.73. The number of carbonyl (C=O) groups is 1. The second-order valence-electron chi connectivity index (χ2n) is 2.02. The summed E-state index contributed by atoms with van der Waals surface area (Å²) >= 11 is 5.19. The molecule has 0 fully saturated rings. The molecule has 1 aromatic rings. The quantitative estimate of drug-likeness (QED) is 0.629. The first-order valence-electron chi connectivity index (χ1n) is 2.86. The summed E-state index contributed by atoms with van der Waals surface area (Å²) in [6, 6.07) is -0.964. The largest absolute Gasteiger partial charge is 0.336 e. The fourth-order valence-electron chi connectivity index (χ4n) is 0.730. The fraction of sp³-hybridized carbons (Fsp3) is 0. The molecular formula is C7H2ClF3O. The van der Waals surface area contributed by atoms with Gasteiger partial charge in [0.15, 0.2) is 0 Å². The van der Waals surface area contributed by atoms with Crippen molar-refractivity contribution in [3.8, 4) is 0 Å². The molecule has 1 rings (SSSR count). The Balaban J connectivity index is 3.38. The van der Waals surface area contributed by atoms with Crippen LogP contribution in [-0.4, -0.2) is 6.04 Å². The Morgan fingerprint density at radius 1 is 1.33 bits per heavy atom. The normalized spacial score (nSPS) is 10.0. The van der Waals surface area contributed by atoms with Crippen molar-refractivity contribution in [2.45, 2.75) is 0 Å². The molecule has 0 N–H and O–H groups in total. The van der Waals surface area contributed by atoms with Gasteiger partial charge in [-0.1, -0.05) is 11.6 Å². The number of rotatable bonds is 1. The molecule has 0 heterocycles. The molecule has 0 unspecified atom stereocenters. The molecule has 64 valence electrons. The summed E-state index contributed by atoms with van der Waals surface area (Å²) in [5.41, 5.74) is -0.932. The summed E-state index contributed by atoms with van der Waals surface area (Å²) in [6.07, 6.45) is 0. The topological polar surface area (TPSA) is 17.1 Å². The van der Waals surface area contributed by atoms with Gasteiger partial charge in [0.1, 0.15) is 17.2 Å². The van der Waals surface area contributed by atoms with E-state index in [2.05, 4.69) is 0 Å². The molecule has 5 heteroatoms. The van der Waals surface area contributed by atoms with Crippen LogP contribution in [0.3, 0.4) is 0 Å². The first kappa shape index (κ1) is 9.06. The van der Waals surface area contributed by atoms with Crippen molar-refractivity contribution in [1.82, 2.24) is 0 Å². The zero-order valence-corrected chi connectivity index (χ0v) is 6.33. The predicted molar refractivity (Wildman–Crippen MR) is 36.8 cm³/mol. The highest BCUT2D eigenvalue weighted by Gasteiger charge is 2.16. The van der Waals surface area contributed by atoms with Gasteiger partial charge in [0, 0.05) is 6.07 Å². The van der Waals surface area contributed by atoms with Gasteiger partial charge in [-0.05, 0) is 6.07 Å². The molecule has 1 aromatic carbocycles. The molecule has 0 atom stereocenters. The van der Waals surface area contributed by atoms with Crippen molar-refractivity contribution >= 4 is 17.6 Å². The van der Waals surface area contributed by atoms with Crippen LogP contribution < -0.4 is 0 Å². The van der Waals surface area contributed by atoms with Crippen molar-refractivity contribution in [2.24, 2.45) is 0 Å². The molecule has 0 saturated carbocycles. The second kappa shape index (κ2) is 3.15. The third-order valence-corrected chi connectivity index (χ3v) is 1.50. The van der Waals surface area contributed by atoms with E-state index in [4.69, 9.17) is 11.6 Å². The van der Waals surface area contributed by atoms with E-state index >= 15 is 0 Å². The molecule has 0 aromatic heterocycles. The van der Waals surface area contributed by atoms with E-state index in [-0.39, 0.29) is 0 Å². The molecule has 12 heavy (non-hydrogen) atoms. The molecule has 0 aliphatic carbocycles. The maximum Gasteiger partial charge on any atom is 0.336 e. The Bertz CT molecular complexity index is 314. The van der Waals surface area contributed by atoms with Crippen molar-refractivity contribution in [1.29, 1.82) is 0 Å². The molecule has 0 aliphatic heterocycles. The van der Waals surface area contributed by atoms with Gasteiger partial charge >= 0.3 is 6.04 Å². The van der Waals surface area contributed by atoms with E-state index in [9.17, 15) is 18.0 Å². The smallest absolute Gasteiger partial charge is 0.255 e. The van der Waals surface area contributed by atoms with Gasteiger partial charge in [0.25, 0.3) is 0 Å².